The molecule has 3 unspecified atom stereocenters. The highest BCUT2D eigenvalue weighted by atomic mass is 28.3. The summed E-state index contributed by atoms with van der Waals surface area (Å²) in [5.74, 6) is 0.608. The zero-order valence-corrected chi connectivity index (χ0v) is 15.7. The molecule has 0 aliphatic heterocycles. The molecule has 3 nitrogen and oxygen atoms in total. The molecule has 1 fully saturated rings. The van der Waals surface area contributed by atoms with Gasteiger partial charge in [0.2, 0.25) is 0 Å². The van der Waals surface area contributed by atoms with E-state index >= 15 is 0 Å². The summed E-state index contributed by atoms with van der Waals surface area (Å²) in [5.41, 5.74) is 2.56. The van der Waals surface area contributed by atoms with Crippen LogP contribution in [0.3, 0.4) is 0 Å². The van der Waals surface area contributed by atoms with Crippen LogP contribution in [0.4, 0.5) is 0 Å². The SMILES string of the molecule is C=C[Si](C)(C)c1ccc(C(=O)OOC2CCCC(C)C2C)cc1. The van der Waals surface area contributed by atoms with E-state index in [9.17, 15) is 4.79 Å². The summed E-state index contributed by atoms with van der Waals surface area (Å²) >= 11 is 0. The first kappa shape index (κ1) is 18.0. The van der Waals surface area contributed by atoms with Crippen molar-refractivity contribution < 1.29 is 14.6 Å². The Kier molecular flexibility index (Phi) is 5.82. The fourth-order valence-corrected chi connectivity index (χ4v) is 4.24. The summed E-state index contributed by atoms with van der Waals surface area (Å²) in [7, 11) is -1.59. The fraction of sp³-hybridized carbons (Fsp3) is 0.526. The largest absolute Gasteiger partial charge is 0.373 e. The molecule has 126 valence electrons. The van der Waals surface area contributed by atoms with Crippen molar-refractivity contribution in [2.45, 2.75) is 52.3 Å². The highest BCUT2D eigenvalue weighted by molar-refractivity contribution is 6.93. The van der Waals surface area contributed by atoms with Gasteiger partial charge in [-0.15, -0.1) is 6.58 Å². The van der Waals surface area contributed by atoms with Crippen LogP contribution >= 0.6 is 0 Å². The zero-order valence-electron chi connectivity index (χ0n) is 14.7. The van der Waals surface area contributed by atoms with E-state index in [1.807, 2.05) is 30.0 Å². The van der Waals surface area contributed by atoms with Crippen molar-refractivity contribution in [2.24, 2.45) is 11.8 Å². The second kappa shape index (κ2) is 7.45. The summed E-state index contributed by atoms with van der Waals surface area (Å²) in [4.78, 5) is 22.7. The fourth-order valence-electron chi connectivity index (χ4n) is 2.98. The maximum atomic E-state index is 12.2. The molecule has 0 N–H and O–H groups in total. The van der Waals surface area contributed by atoms with Gasteiger partial charge in [0, 0.05) is 0 Å². The molecule has 1 aromatic carbocycles. The first-order valence-electron chi connectivity index (χ1n) is 8.47. The third-order valence-corrected chi connectivity index (χ3v) is 8.10. The summed E-state index contributed by atoms with van der Waals surface area (Å²) in [5, 5.41) is 1.25. The maximum Gasteiger partial charge on any atom is 0.373 e. The lowest BCUT2D eigenvalue weighted by Gasteiger charge is -2.32. The molecule has 0 bridgehead atoms. The van der Waals surface area contributed by atoms with Gasteiger partial charge in [-0.25, -0.2) is 4.79 Å². The molecule has 1 aliphatic carbocycles. The van der Waals surface area contributed by atoms with E-state index in [0.29, 0.717) is 17.4 Å². The molecule has 0 spiro atoms. The molecule has 0 saturated heterocycles. The zero-order chi connectivity index (χ0) is 17.0. The molecule has 0 radical (unpaired) electrons. The summed E-state index contributed by atoms with van der Waals surface area (Å²) < 4.78 is 0. The van der Waals surface area contributed by atoms with Crippen molar-refractivity contribution in [3.05, 3.63) is 42.1 Å². The minimum atomic E-state index is -1.59. The third kappa shape index (κ3) is 4.33. The summed E-state index contributed by atoms with van der Waals surface area (Å²) in [6.45, 7) is 12.8. The molecule has 1 saturated carbocycles. The lowest BCUT2D eigenvalue weighted by Crippen LogP contribution is -2.39. The van der Waals surface area contributed by atoms with E-state index in [2.05, 4.69) is 33.5 Å². The number of hydrogen-bond acceptors (Lipinski definition) is 3. The number of benzene rings is 1. The van der Waals surface area contributed by atoms with E-state index in [1.165, 1.54) is 11.6 Å². The average molecular weight is 333 g/mol. The quantitative estimate of drug-likeness (QED) is 0.459. The minimum absolute atomic E-state index is 0.00841. The number of rotatable bonds is 5. The van der Waals surface area contributed by atoms with E-state index < -0.39 is 14.0 Å². The van der Waals surface area contributed by atoms with E-state index in [4.69, 9.17) is 9.78 Å². The average Bonchev–Trinajstić information content (AvgIpc) is 2.56. The lowest BCUT2D eigenvalue weighted by atomic mass is 9.80. The monoisotopic (exact) mass is 332 g/mol. The Hall–Kier alpha value is -1.39. The molecule has 3 atom stereocenters. The van der Waals surface area contributed by atoms with Gasteiger partial charge in [-0.3, -0.25) is 4.89 Å². The van der Waals surface area contributed by atoms with Crippen LogP contribution in [-0.4, -0.2) is 20.1 Å². The van der Waals surface area contributed by atoms with Crippen LogP contribution in [0.5, 0.6) is 0 Å². The van der Waals surface area contributed by atoms with Crippen LogP contribution in [0.2, 0.25) is 13.1 Å². The molecule has 0 amide bonds. The normalized spacial score (nSPS) is 25.0. The van der Waals surface area contributed by atoms with Crippen molar-refractivity contribution in [2.75, 3.05) is 0 Å². The Morgan fingerprint density at radius 1 is 1.22 bits per heavy atom. The predicted molar refractivity (Wildman–Crippen MR) is 96.2 cm³/mol. The first-order valence-corrected chi connectivity index (χ1v) is 11.5. The predicted octanol–water partition coefficient (Wildman–Crippen LogP) is 4.24. The minimum Gasteiger partial charge on any atom is -0.293 e. The van der Waals surface area contributed by atoms with Gasteiger partial charge in [-0.05, 0) is 30.4 Å². The number of carbonyl (C=O) groups excluding carboxylic acids is 1. The van der Waals surface area contributed by atoms with Crippen molar-refractivity contribution >= 4 is 19.2 Å². The smallest absolute Gasteiger partial charge is 0.293 e. The molecule has 0 aromatic heterocycles. The Balaban J connectivity index is 1.94. The van der Waals surface area contributed by atoms with Crippen LogP contribution in [0.1, 0.15) is 43.5 Å². The number of carbonyl (C=O) groups is 1. The number of hydrogen-bond donors (Lipinski definition) is 0. The van der Waals surface area contributed by atoms with Gasteiger partial charge in [-0.1, -0.05) is 62.8 Å². The topological polar surface area (TPSA) is 35.5 Å². The van der Waals surface area contributed by atoms with E-state index in [0.717, 1.165) is 12.8 Å². The van der Waals surface area contributed by atoms with Crippen molar-refractivity contribution in [1.82, 2.24) is 0 Å². The summed E-state index contributed by atoms with van der Waals surface area (Å²) in [6.07, 6.45) is 3.31. The Labute approximate surface area is 140 Å². The van der Waals surface area contributed by atoms with Crippen LogP contribution < -0.4 is 5.19 Å². The van der Waals surface area contributed by atoms with Gasteiger partial charge in [0.05, 0.1) is 5.56 Å². The van der Waals surface area contributed by atoms with Gasteiger partial charge in [0.15, 0.2) is 0 Å². The van der Waals surface area contributed by atoms with Gasteiger partial charge in [0.25, 0.3) is 0 Å². The molecule has 1 aromatic rings. The van der Waals surface area contributed by atoms with Crippen LogP contribution in [-0.2, 0) is 9.78 Å². The molecule has 2 rings (SSSR count). The highest BCUT2D eigenvalue weighted by Crippen LogP contribution is 2.31. The highest BCUT2D eigenvalue weighted by Gasteiger charge is 2.29. The lowest BCUT2D eigenvalue weighted by molar-refractivity contribution is -0.292. The van der Waals surface area contributed by atoms with E-state index in [1.54, 1.807) is 0 Å². The molecular formula is C19H28O3Si. The maximum absolute atomic E-state index is 12.2. The second-order valence-corrected chi connectivity index (χ2v) is 11.7. The van der Waals surface area contributed by atoms with Gasteiger partial charge < -0.3 is 0 Å². The molecule has 1 aliphatic rings. The third-order valence-electron chi connectivity index (χ3n) is 5.25. The first-order chi connectivity index (χ1) is 10.8. The van der Waals surface area contributed by atoms with Gasteiger partial charge >= 0.3 is 5.97 Å². The molecule has 0 heterocycles. The Morgan fingerprint density at radius 2 is 1.87 bits per heavy atom. The van der Waals surface area contributed by atoms with Gasteiger partial charge in [0.1, 0.15) is 14.2 Å². The Bertz CT molecular complexity index is 550. The van der Waals surface area contributed by atoms with Gasteiger partial charge in [-0.2, -0.15) is 4.89 Å². The van der Waals surface area contributed by atoms with E-state index in [-0.39, 0.29) is 6.10 Å². The standard InChI is InChI=1S/C19H28O3Si/c1-6-23(4,5)17-12-10-16(11-13-17)19(20)22-21-18-9-7-8-14(2)15(18)3/h6,10-15,18H,1,7-9H2,2-5H3. The van der Waals surface area contributed by atoms with Crippen LogP contribution in [0.25, 0.3) is 0 Å². The molecule has 4 heteroatoms. The summed E-state index contributed by atoms with van der Waals surface area (Å²) in [6, 6.07) is 7.62. The second-order valence-electron chi connectivity index (χ2n) is 7.28. The Morgan fingerprint density at radius 3 is 2.48 bits per heavy atom. The molecule has 23 heavy (non-hydrogen) atoms. The van der Waals surface area contributed by atoms with Crippen molar-refractivity contribution in [3.63, 3.8) is 0 Å². The van der Waals surface area contributed by atoms with Crippen molar-refractivity contribution in [1.29, 1.82) is 0 Å². The molecular weight excluding hydrogens is 304 g/mol. The van der Waals surface area contributed by atoms with Crippen LogP contribution in [0.15, 0.2) is 36.5 Å². The van der Waals surface area contributed by atoms with Crippen LogP contribution in [0, 0.1) is 11.8 Å². The van der Waals surface area contributed by atoms with Crippen molar-refractivity contribution in [3.8, 4) is 0 Å².